The second-order valence-corrected chi connectivity index (χ2v) is 10.6. The Balaban J connectivity index is 0.00000231. The number of halogens is 5. The van der Waals surface area contributed by atoms with Crippen molar-refractivity contribution in [1.29, 1.82) is 0 Å². The van der Waals surface area contributed by atoms with Gasteiger partial charge in [-0.1, -0.05) is 43.3 Å². The molecule has 0 aliphatic heterocycles. The van der Waals surface area contributed by atoms with Crippen LogP contribution in [-0.4, -0.2) is 37.9 Å². The van der Waals surface area contributed by atoms with E-state index < -0.39 is 23.8 Å². The molecule has 2 fully saturated rings. The first-order valence-electron chi connectivity index (χ1n) is 13.3. The van der Waals surface area contributed by atoms with E-state index in [1.807, 2.05) is 6.07 Å². The molecule has 6 nitrogen and oxygen atoms in total. The number of hydrogen-bond donors (Lipinski definition) is 2. The summed E-state index contributed by atoms with van der Waals surface area (Å²) in [5.41, 5.74) is 0.180. The first-order chi connectivity index (χ1) is 18.6. The molecule has 2 N–H and O–H groups in total. The highest BCUT2D eigenvalue weighted by atomic mass is 19.4. The molecule has 2 saturated carbocycles. The topological polar surface area (TPSA) is 75.6 Å². The van der Waals surface area contributed by atoms with Crippen LogP contribution in [0.2, 0.25) is 0 Å². The number of alkyl halides is 5. The third-order valence-corrected chi connectivity index (χ3v) is 7.78. The predicted octanol–water partition coefficient (Wildman–Crippen LogP) is 7.82. The predicted molar refractivity (Wildman–Crippen MR) is 143 cm³/mol. The van der Waals surface area contributed by atoms with Gasteiger partial charge in [0.25, 0.3) is 0 Å². The lowest BCUT2D eigenvalue weighted by atomic mass is 9.76. The van der Waals surface area contributed by atoms with Gasteiger partial charge in [0, 0.05) is 27.8 Å². The van der Waals surface area contributed by atoms with Gasteiger partial charge in [-0.15, -0.1) is 0 Å². The summed E-state index contributed by atoms with van der Waals surface area (Å²) in [4.78, 5) is 16.7. The van der Waals surface area contributed by atoms with Crippen molar-refractivity contribution in [3.8, 4) is 11.5 Å². The third kappa shape index (κ3) is 6.80. The fourth-order valence-electron chi connectivity index (χ4n) is 5.57. The monoisotopic (exact) mass is 550 g/mol. The van der Waals surface area contributed by atoms with Crippen LogP contribution in [0.3, 0.4) is 0 Å². The zero-order valence-electron chi connectivity index (χ0n) is 21.6. The highest BCUT2D eigenvalue weighted by Gasteiger charge is 2.40. The fourth-order valence-corrected chi connectivity index (χ4v) is 5.57. The second-order valence-electron chi connectivity index (χ2n) is 10.6. The summed E-state index contributed by atoms with van der Waals surface area (Å²) in [6, 6.07) is 13.4. The Morgan fingerprint density at radius 3 is 2.10 bits per heavy atom. The van der Waals surface area contributed by atoms with E-state index in [1.54, 1.807) is 0 Å². The van der Waals surface area contributed by atoms with Crippen LogP contribution in [0.15, 0.2) is 48.5 Å². The average molecular weight is 551 g/mol. The van der Waals surface area contributed by atoms with E-state index in [-0.39, 0.29) is 51.6 Å². The molecular formula is C28H35F5N6. The van der Waals surface area contributed by atoms with Gasteiger partial charge in [-0.25, -0.2) is 13.8 Å². The molecular weight excluding hydrogens is 515 g/mol. The molecule has 0 bridgehead atoms. The maximum atomic E-state index is 13.8. The number of pyridine rings is 1. The van der Waals surface area contributed by atoms with Crippen LogP contribution in [0.5, 0.6) is 0 Å². The largest absolute Gasteiger partial charge is 0.433 e. The van der Waals surface area contributed by atoms with Crippen molar-refractivity contribution in [3.63, 3.8) is 0 Å². The van der Waals surface area contributed by atoms with E-state index in [0.717, 1.165) is 31.7 Å². The normalized spacial score (nSPS) is 23.8. The van der Waals surface area contributed by atoms with Crippen molar-refractivity contribution in [3.05, 3.63) is 59.8 Å². The fraction of sp³-hybridized carbons (Fsp3) is 0.500. The smallest absolute Gasteiger partial charge is 0.351 e. The van der Waals surface area contributed by atoms with E-state index in [4.69, 9.17) is 0 Å². The minimum absolute atomic E-state index is 0. The molecule has 0 spiro atoms. The number of aromatic nitrogens is 4. The molecule has 0 saturated heterocycles. The molecule has 11 heteroatoms. The standard InChI is InChI=1S/C28H31F5N6.2H2/c1-17(18-6-3-2-4-7-18)19-10-12-20(13-11-19)34-25-37-24(22-8-5-9-23(36-22)28(31,32)33)38-26(39-25)35-21-14-15-27(29,30)16-21;;/h2-9,17,19-21H,10-16H2,1H3,(H2,34,35,37,38,39);2*1H. The Kier molecular flexibility index (Phi) is 7.68. The number of hydrogen-bond acceptors (Lipinski definition) is 6. The van der Waals surface area contributed by atoms with Crippen LogP contribution in [-0.2, 0) is 6.18 Å². The Labute approximate surface area is 226 Å². The first-order valence-corrected chi connectivity index (χ1v) is 13.3. The van der Waals surface area contributed by atoms with Gasteiger partial charge in [0.15, 0.2) is 5.82 Å². The molecule has 5 rings (SSSR count). The molecule has 2 heterocycles. The Bertz CT molecular complexity index is 1270. The lowest BCUT2D eigenvalue weighted by Crippen LogP contribution is -2.29. The maximum absolute atomic E-state index is 13.8. The number of nitrogens with one attached hydrogen (secondary N) is 2. The molecule has 39 heavy (non-hydrogen) atoms. The molecule has 2 atom stereocenters. The lowest BCUT2D eigenvalue weighted by molar-refractivity contribution is -0.141. The van der Waals surface area contributed by atoms with Crippen molar-refractivity contribution in [2.75, 3.05) is 10.6 Å². The summed E-state index contributed by atoms with van der Waals surface area (Å²) < 4.78 is 67.4. The number of benzene rings is 1. The summed E-state index contributed by atoms with van der Waals surface area (Å²) in [5, 5.41) is 6.25. The van der Waals surface area contributed by atoms with Gasteiger partial charge in [0.1, 0.15) is 11.4 Å². The highest BCUT2D eigenvalue weighted by molar-refractivity contribution is 5.54. The summed E-state index contributed by atoms with van der Waals surface area (Å²) in [5.74, 6) is -1.63. The van der Waals surface area contributed by atoms with Crippen molar-refractivity contribution < 1.29 is 24.8 Å². The van der Waals surface area contributed by atoms with Crippen molar-refractivity contribution in [1.82, 2.24) is 19.9 Å². The molecule has 2 aliphatic rings. The summed E-state index contributed by atoms with van der Waals surface area (Å²) in [6.07, 6.45) is -1.23. The van der Waals surface area contributed by atoms with Gasteiger partial charge in [0.2, 0.25) is 17.8 Å². The maximum Gasteiger partial charge on any atom is 0.433 e. The van der Waals surface area contributed by atoms with E-state index in [1.165, 1.54) is 17.7 Å². The van der Waals surface area contributed by atoms with Crippen LogP contribution in [0.25, 0.3) is 11.5 Å². The van der Waals surface area contributed by atoms with Gasteiger partial charge in [0.05, 0.1) is 0 Å². The Hall–Kier alpha value is -3.37. The minimum atomic E-state index is -4.63. The molecule has 0 amide bonds. The van der Waals surface area contributed by atoms with Crippen molar-refractivity contribution >= 4 is 11.9 Å². The summed E-state index contributed by atoms with van der Waals surface area (Å²) >= 11 is 0. The first kappa shape index (κ1) is 27.2. The van der Waals surface area contributed by atoms with Gasteiger partial charge < -0.3 is 10.6 Å². The van der Waals surface area contributed by atoms with E-state index in [9.17, 15) is 22.0 Å². The van der Waals surface area contributed by atoms with Crippen LogP contribution in [0.4, 0.5) is 33.8 Å². The highest BCUT2D eigenvalue weighted by Crippen LogP contribution is 2.38. The van der Waals surface area contributed by atoms with Crippen molar-refractivity contribution in [2.45, 2.75) is 82.0 Å². The molecule has 2 unspecified atom stereocenters. The minimum Gasteiger partial charge on any atom is -0.351 e. The SMILES string of the molecule is CC(c1ccccc1)C1CCC(Nc2nc(NC3CCC(F)(F)C3)nc(-c3cccc(C(F)(F)F)n3)n2)CC1.[HH].[HH]. The van der Waals surface area contributed by atoms with Gasteiger partial charge in [-0.05, 0) is 61.6 Å². The molecule has 2 aliphatic carbocycles. The zero-order chi connectivity index (χ0) is 27.6. The van der Waals surface area contributed by atoms with Gasteiger partial charge in [-0.2, -0.15) is 28.1 Å². The van der Waals surface area contributed by atoms with Gasteiger partial charge in [-0.3, -0.25) is 0 Å². The lowest BCUT2D eigenvalue weighted by Gasteiger charge is -2.33. The number of rotatable bonds is 7. The zero-order valence-corrected chi connectivity index (χ0v) is 21.6. The van der Waals surface area contributed by atoms with Crippen LogP contribution >= 0.6 is 0 Å². The second kappa shape index (κ2) is 11.0. The average Bonchev–Trinajstić information content (AvgIpc) is 3.26. The number of anilines is 2. The molecule has 3 aromatic rings. The van der Waals surface area contributed by atoms with E-state index in [2.05, 4.69) is 61.8 Å². The van der Waals surface area contributed by atoms with Crippen LogP contribution < -0.4 is 10.6 Å². The molecule has 2 aromatic heterocycles. The van der Waals surface area contributed by atoms with Crippen LogP contribution in [0.1, 0.15) is 71.9 Å². The summed E-state index contributed by atoms with van der Waals surface area (Å²) in [6.45, 7) is 2.25. The van der Waals surface area contributed by atoms with E-state index >= 15 is 0 Å². The number of nitrogens with zero attached hydrogens (tertiary/aromatic N) is 4. The Morgan fingerprint density at radius 2 is 1.49 bits per heavy atom. The molecule has 1 aromatic carbocycles. The van der Waals surface area contributed by atoms with E-state index in [0.29, 0.717) is 11.8 Å². The van der Waals surface area contributed by atoms with Crippen molar-refractivity contribution in [2.24, 2.45) is 5.92 Å². The molecule has 0 radical (unpaired) electrons. The summed E-state index contributed by atoms with van der Waals surface area (Å²) in [7, 11) is 0. The molecule has 212 valence electrons. The van der Waals surface area contributed by atoms with Gasteiger partial charge >= 0.3 is 6.18 Å². The Morgan fingerprint density at radius 1 is 0.821 bits per heavy atom. The third-order valence-electron chi connectivity index (χ3n) is 7.78. The van der Waals surface area contributed by atoms with Crippen LogP contribution in [0, 0.1) is 5.92 Å². The quantitative estimate of drug-likeness (QED) is 0.292.